The van der Waals surface area contributed by atoms with Crippen LogP contribution in [0.3, 0.4) is 0 Å². The number of allylic oxidation sites excluding steroid dienone is 1. The summed E-state index contributed by atoms with van der Waals surface area (Å²) in [6.45, 7) is 14.3. The van der Waals surface area contributed by atoms with E-state index in [4.69, 9.17) is 9.57 Å². The Morgan fingerprint density at radius 3 is 2.56 bits per heavy atom. The van der Waals surface area contributed by atoms with Crippen LogP contribution < -0.4 is 5.32 Å². The van der Waals surface area contributed by atoms with Gasteiger partial charge in [0.1, 0.15) is 0 Å². The lowest BCUT2D eigenvalue weighted by Gasteiger charge is -2.58. The summed E-state index contributed by atoms with van der Waals surface area (Å²) in [7, 11) is 0. The molecule has 0 aromatic heterocycles. The molecule has 6 aliphatic rings. The van der Waals surface area contributed by atoms with Gasteiger partial charge in [0, 0.05) is 24.9 Å². The number of carbonyl (C=O) groups excluding carboxylic acids is 2. The maximum absolute atomic E-state index is 13.3. The fourth-order valence-corrected chi connectivity index (χ4v) is 9.78. The van der Waals surface area contributed by atoms with Gasteiger partial charge in [-0.15, -0.1) is 0 Å². The molecule has 216 valence electrons. The number of ether oxygens (including phenoxy) is 1. The zero-order valence-corrected chi connectivity index (χ0v) is 24.8. The van der Waals surface area contributed by atoms with E-state index in [0.29, 0.717) is 49.7 Å². The first-order chi connectivity index (χ1) is 18.5. The van der Waals surface area contributed by atoms with Crippen LogP contribution in [-0.2, 0) is 14.4 Å². The van der Waals surface area contributed by atoms with E-state index < -0.39 is 0 Å². The van der Waals surface area contributed by atoms with E-state index in [1.54, 1.807) is 0 Å². The van der Waals surface area contributed by atoms with Gasteiger partial charge in [-0.2, -0.15) is 0 Å². The summed E-state index contributed by atoms with van der Waals surface area (Å²) in [5, 5.41) is 8.10. The van der Waals surface area contributed by atoms with Crippen LogP contribution in [0.5, 0.6) is 0 Å². The fraction of sp³-hybridized carbons (Fsp3) is 0.844. The Morgan fingerprint density at radius 1 is 1.08 bits per heavy atom. The second-order valence-corrected chi connectivity index (χ2v) is 14.8. The normalized spacial score (nSPS) is 41.7. The molecule has 2 saturated heterocycles. The predicted molar refractivity (Wildman–Crippen MR) is 151 cm³/mol. The van der Waals surface area contributed by atoms with E-state index in [-0.39, 0.29) is 34.4 Å². The summed E-state index contributed by atoms with van der Waals surface area (Å²) in [6.07, 6.45) is 11.6. The quantitative estimate of drug-likeness (QED) is 0.274. The molecule has 3 saturated carbocycles. The summed E-state index contributed by atoms with van der Waals surface area (Å²) in [5.74, 6) is 2.76. The Balaban J connectivity index is 1.14. The standard InChI is InChI=1S/C32H49N3O4/c1-20(34-39-29(37)35(22-18-38-19-22)17-28-30(2,3)14-15-33-28)25-8-9-26-24-7-6-21-16-23(36)10-12-31(21,4)27(24)11-13-32(25,26)5/h16,22,24-28,33H,6-15,17-19H2,1-5H3/b34-20+/t24-,25+,26-,27-,28?,31-,32+/m0/s1. The fourth-order valence-electron chi connectivity index (χ4n) is 9.78. The summed E-state index contributed by atoms with van der Waals surface area (Å²) in [4.78, 5) is 33.0. The van der Waals surface area contributed by atoms with Gasteiger partial charge in [-0.25, -0.2) is 4.79 Å². The highest BCUT2D eigenvalue weighted by Crippen LogP contribution is 2.66. The first-order valence-corrected chi connectivity index (χ1v) is 15.6. The molecule has 39 heavy (non-hydrogen) atoms. The average molecular weight is 540 g/mol. The third-order valence-corrected chi connectivity index (χ3v) is 12.5. The van der Waals surface area contributed by atoms with Crippen LogP contribution in [0.15, 0.2) is 16.8 Å². The summed E-state index contributed by atoms with van der Waals surface area (Å²) in [5.41, 5.74) is 2.95. The minimum Gasteiger partial charge on any atom is -0.377 e. The molecule has 7 heteroatoms. The SMILES string of the molecule is C/C(=N\OC(=O)N(CC1NCCC1(C)C)C1COC1)[C@H]1CC[C@H]2[C@@H]3CCC4=CC(=O)CC[C@]4(C)[C@H]3CC[C@]12C. The summed E-state index contributed by atoms with van der Waals surface area (Å²) < 4.78 is 5.42. The number of carbonyl (C=O) groups is 2. The smallest absolute Gasteiger partial charge is 0.377 e. The zero-order chi connectivity index (χ0) is 27.6. The number of rotatable bonds is 5. The van der Waals surface area contributed by atoms with Crippen molar-refractivity contribution in [1.82, 2.24) is 10.2 Å². The van der Waals surface area contributed by atoms with E-state index >= 15 is 0 Å². The lowest BCUT2D eigenvalue weighted by molar-refractivity contribution is -0.117. The van der Waals surface area contributed by atoms with Gasteiger partial charge in [0.2, 0.25) is 0 Å². The molecule has 0 spiro atoms. The van der Waals surface area contributed by atoms with E-state index in [0.717, 1.165) is 43.9 Å². The van der Waals surface area contributed by atoms with Gasteiger partial charge >= 0.3 is 6.09 Å². The molecule has 1 N–H and O–H groups in total. The largest absolute Gasteiger partial charge is 0.436 e. The molecular weight excluding hydrogens is 490 g/mol. The number of hydrogen-bond acceptors (Lipinski definition) is 6. The second-order valence-electron chi connectivity index (χ2n) is 14.8. The Morgan fingerprint density at radius 2 is 1.87 bits per heavy atom. The summed E-state index contributed by atoms with van der Waals surface area (Å²) >= 11 is 0. The molecule has 0 bridgehead atoms. The lowest BCUT2D eigenvalue weighted by atomic mass is 9.46. The van der Waals surface area contributed by atoms with Crippen molar-refractivity contribution in [3.8, 4) is 0 Å². The molecule has 0 aromatic carbocycles. The van der Waals surface area contributed by atoms with Gasteiger partial charge < -0.3 is 10.1 Å². The third-order valence-electron chi connectivity index (χ3n) is 12.5. The molecule has 2 heterocycles. The van der Waals surface area contributed by atoms with Gasteiger partial charge in [0.25, 0.3) is 0 Å². The molecule has 4 aliphatic carbocycles. The van der Waals surface area contributed by atoms with Crippen LogP contribution in [-0.4, -0.2) is 60.9 Å². The molecule has 6 rings (SSSR count). The highest BCUT2D eigenvalue weighted by atomic mass is 16.7. The van der Waals surface area contributed by atoms with Crippen molar-refractivity contribution in [2.24, 2.45) is 45.1 Å². The Labute approximate surface area is 234 Å². The van der Waals surface area contributed by atoms with Crippen LogP contribution >= 0.6 is 0 Å². The van der Waals surface area contributed by atoms with Crippen molar-refractivity contribution < 1.29 is 19.2 Å². The van der Waals surface area contributed by atoms with E-state index in [9.17, 15) is 9.59 Å². The van der Waals surface area contributed by atoms with E-state index in [1.165, 1.54) is 31.3 Å². The van der Waals surface area contributed by atoms with Crippen LogP contribution in [0.4, 0.5) is 4.79 Å². The minimum atomic E-state index is -0.345. The number of ketones is 1. The Kier molecular flexibility index (Phi) is 7.02. The molecule has 1 amide bonds. The Bertz CT molecular complexity index is 1060. The van der Waals surface area contributed by atoms with Crippen molar-refractivity contribution >= 4 is 17.6 Å². The summed E-state index contributed by atoms with van der Waals surface area (Å²) in [6, 6.07) is 0.312. The van der Waals surface area contributed by atoms with Crippen molar-refractivity contribution in [2.75, 3.05) is 26.3 Å². The molecule has 2 aliphatic heterocycles. The number of oxime groups is 1. The minimum absolute atomic E-state index is 0.0663. The number of nitrogens with zero attached hydrogens (tertiary/aromatic N) is 2. The van der Waals surface area contributed by atoms with E-state index in [2.05, 4.69) is 45.1 Å². The van der Waals surface area contributed by atoms with Crippen molar-refractivity contribution in [1.29, 1.82) is 0 Å². The maximum Gasteiger partial charge on any atom is 0.436 e. The number of amides is 1. The molecule has 5 fully saturated rings. The van der Waals surface area contributed by atoms with Crippen molar-refractivity contribution in [3.63, 3.8) is 0 Å². The first-order valence-electron chi connectivity index (χ1n) is 15.6. The van der Waals surface area contributed by atoms with Gasteiger partial charge in [-0.1, -0.05) is 38.4 Å². The first kappa shape index (κ1) is 27.4. The molecule has 7 nitrogen and oxygen atoms in total. The number of hydrogen-bond donors (Lipinski definition) is 1. The van der Waals surface area contributed by atoms with Crippen LogP contribution in [0.2, 0.25) is 0 Å². The highest BCUT2D eigenvalue weighted by molar-refractivity contribution is 5.91. The lowest BCUT2D eigenvalue weighted by Crippen LogP contribution is -2.56. The maximum atomic E-state index is 13.3. The molecule has 0 radical (unpaired) electrons. The third kappa shape index (κ3) is 4.60. The Hall–Kier alpha value is -1.73. The molecule has 0 aromatic rings. The van der Waals surface area contributed by atoms with Gasteiger partial charge in [0.05, 0.1) is 25.0 Å². The van der Waals surface area contributed by atoms with E-state index in [1.807, 2.05) is 11.0 Å². The topological polar surface area (TPSA) is 80.2 Å². The monoisotopic (exact) mass is 539 g/mol. The highest BCUT2D eigenvalue weighted by Gasteiger charge is 2.59. The molecule has 1 unspecified atom stereocenters. The van der Waals surface area contributed by atoms with Gasteiger partial charge in [-0.05, 0) is 105 Å². The molecular formula is C32H49N3O4. The van der Waals surface area contributed by atoms with Gasteiger partial charge in [-0.3, -0.25) is 14.5 Å². The van der Waals surface area contributed by atoms with Crippen LogP contribution in [0, 0.1) is 39.9 Å². The number of nitrogens with one attached hydrogen (secondary N) is 1. The van der Waals surface area contributed by atoms with Crippen molar-refractivity contribution in [3.05, 3.63) is 11.6 Å². The second kappa shape index (κ2) is 9.97. The zero-order valence-electron chi connectivity index (χ0n) is 24.8. The molecule has 7 atom stereocenters. The van der Waals surface area contributed by atoms with Crippen molar-refractivity contribution in [2.45, 2.75) is 104 Å². The predicted octanol–water partition coefficient (Wildman–Crippen LogP) is 5.74. The van der Waals surface area contributed by atoms with Crippen LogP contribution in [0.25, 0.3) is 0 Å². The van der Waals surface area contributed by atoms with Gasteiger partial charge in [0.15, 0.2) is 5.78 Å². The average Bonchev–Trinajstić information content (AvgIpc) is 3.39. The number of fused-ring (bicyclic) bond motifs is 5. The van der Waals surface area contributed by atoms with Crippen LogP contribution in [0.1, 0.15) is 92.4 Å².